The van der Waals surface area contributed by atoms with Gasteiger partial charge in [-0.3, -0.25) is 9.10 Å². The lowest BCUT2D eigenvalue weighted by atomic mass is 10.2. The first kappa shape index (κ1) is 25.6. The molecule has 0 atom stereocenters. The Morgan fingerprint density at radius 2 is 1.86 bits per heavy atom. The minimum Gasteiger partial charge on any atom is -0.365 e. The monoisotopic (exact) mass is 510 g/mol. The standard InChI is InChI=1S/C20H21F3N8O3S/c1-12(32)28-16-7-6-14(10-25-16)29-19-27-11-15(20(21,22)23)17(30-19)26-9-13-5-4-8-24-18(13)31(2)35(3,33)34/h4-8,10-11H,9H2,1-3H3,(H,25,28,32)(H2,26,27,29,30). The van der Waals surface area contributed by atoms with Gasteiger partial charge in [0.25, 0.3) is 0 Å². The zero-order valence-electron chi connectivity index (χ0n) is 18.8. The quantitative estimate of drug-likeness (QED) is 0.417. The van der Waals surface area contributed by atoms with Gasteiger partial charge in [0.05, 0.1) is 18.1 Å². The van der Waals surface area contributed by atoms with Crippen LogP contribution in [0.5, 0.6) is 0 Å². The smallest absolute Gasteiger partial charge is 0.365 e. The van der Waals surface area contributed by atoms with Crippen LogP contribution in [0.1, 0.15) is 18.1 Å². The third-order valence-electron chi connectivity index (χ3n) is 4.53. The molecular formula is C20H21F3N8O3S. The van der Waals surface area contributed by atoms with Gasteiger partial charge in [0, 0.05) is 38.5 Å². The maximum absolute atomic E-state index is 13.6. The van der Waals surface area contributed by atoms with Gasteiger partial charge < -0.3 is 16.0 Å². The van der Waals surface area contributed by atoms with E-state index in [-0.39, 0.29) is 24.2 Å². The molecule has 3 aromatic heterocycles. The number of nitrogens with zero attached hydrogens (tertiary/aromatic N) is 5. The molecule has 0 saturated heterocycles. The number of hydrogen-bond acceptors (Lipinski definition) is 9. The molecule has 3 aromatic rings. The summed E-state index contributed by atoms with van der Waals surface area (Å²) < 4.78 is 65.4. The Morgan fingerprint density at radius 1 is 1.11 bits per heavy atom. The largest absolute Gasteiger partial charge is 0.421 e. The Kier molecular flexibility index (Phi) is 7.38. The summed E-state index contributed by atoms with van der Waals surface area (Å²) in [6.07, 6.45) is -0.407. The molecule has 0 fully saturated rings. The molecule has 0 spiro atoms. The molecule has 186 valence electrons. The molecule has 15 heteroatoms. The van der Waals surface area contributed by atoms with Crippen molar-refractivity contribution in [3.8, 4) is 0 Å². The van der Waals surface area contributed by atoms with Gasteiger partial charge in [-0.15, -0.1) is 0 Å². The number of nitrogens with one attached hydrogen (secondary N) is 3. The highest BCUT2D eigenvalue weighted by Crippen LogP contribution is 2.34. The van der Waals surface area contributed by atoms with E-state index in [1.165, 1.54) is 50.6 Å². The number of alkyl halides is 3. The maximum Gasteiger partial charge on any atom is 0.421 e. The van der Waals surface area contributed by atoms with Gasteiger partial charge >= 0.3 is 6.18 Å². The van der Waals surface area contributed by atoms with Gasteiger partial charge in [0.1, 0.15) is 23.0 Å². The van der Waals surface area contributed by atoms with Crippen LogP contribution in [0.3, 0.4) is 0 Å². The van der Waals surface area contributed by atoms with E-state index < -0.39 is 27.6 Å². The molecule has 0 aliphatic carbocycles. The number of anilines is 5. The molecule has 35 heavy (non-hydrogen) atoms. The van der Waals surface area contributed by atoms with E-state index in [1.807, 2.05) is 0 Å². The highest BCUT2D eigenvalue weighted by Gasteiger charge is 2.35. The summed E-state index contributed by atoms with van der Waals surface area (Å²) in [4.78, 5) is 26.8. The SMILES string of the molecule is CC(=O)Nc1ccc(Nc2ncc(C(F)(F)F)c(NCc3cccnc3N(C)S(C)(=O)=O)n2)cn1. The Labute approximate surface area is 198 Å². The van der Waals surface area contributed by atoms with Gasteiger partial charge in [0.2, 0.25) is 21.9 Å². The minimum absolute atomic E-state index is 0.0637. The van der Waals surface area contributed by atoms with Crippen LogP contribution in [0, 0.1) is 0 Å². The first-order valence-electron chi connectivity index (χ1n) is 9.91. The summed E-state index contributed by atoms with van der Waals surface area (Å²) >= 11 is 0. The van der Waals surface area contributed by atoms with Crippen molar-refractivity contribution in [1.82, 2.24) is 19.9 Å². The number of sulfonamides is 1. The molecule has 0 bridgehead atoms. The molecule has 0 saturated carbocycles. The molecular weight excluding hydrogens is 489 g/mol. The first-order chi connectivity index (χ1) is 16.3. The molecule has 0 aliphatic heterocycles. The van der Waals surface area contributed by atoms with Crippen molar-refractivity contribution in [2.75, 3.05) is 33.6 Å². The number of rotatable bonds is 8. The Hall–Kier alpha value is -4.01. The molecule has 0 radical (unpaired) electrons. The average molecular weight is 511 g/mol. The molecule has 3 heterocycles. The second-order valence-electron chi connectivity index (χ2n) is 7.26. The van der Waals surface area contributed by atoms with Gasteiger partial charge in [-0.05, 0) is 18.2 Å². The lowest BCUT2D eigenvalue weighted by Crippen LogP contribution is -2.27. The van der Waals surface area contributed by atoms with Crippen molar-refractivity contribution in [2.24, 2.45) is 0 Å². The van der Waals surface area contributed by atoms with Gasteiger partial charge in [0.15, 0.2) is 0 Å². The third kappa shape index (κ3) is 6.75. The zero-order valence-corrected chi connectivity index (χ0v) is 19.6. The van der Waals surface area contributed by atoms with Crippen LogP contribution >= 0.6 is 0 Å². The second kappa shape index (κ2) is 10.1. The van der Waals surface area contributed by atoms with Crippen molar-refractivity contribution < 1.29 is 26.4 Å². The van der Waals surface area contributed by atoms with E-state index in [9.17, 15) is 26.4 Å². The fourth-order valence-electron chi connectivity index (χ4n) is 2.82. The summed E-state index contributed by atoms with van der Waals surface area (Å²) in [5.41, 5.74) is -0.405. The fraction of sp³-hybridized carbons (Fsp3) is 0.250. The molecule has 0 aliphatic rings. The average Bonchev–Trinajstić information content (AvgIpc) is 2.77. The number of carbonyl (C=O) groups excluding carboxylic acids is 1. The van der Waals surface area contributed by atoms with Crippen LogP contribution in [-0.2, 0) is 27.5 Å². The normalized spacial score (nSPS) is 11.6. The summed E-state index contributed by atoms with van der Waals surface area (Å²) in [6.45, 7) is 1.13. The fourth-order valence-corrected chi connectivity index (χ4v) is 3.30. The molecule has 1 amide bonds. The molecule has 3 rings (SSSR count). The highest BCUT2D eigenvalue weighted by molar-refractivity contribution is 7.92. The van der Waals surface area contributed by atoms with Gasteiger partial charge in [-0.1, -0.05) is 6.07 Å². The third-order valence-corrected chi connectivity index (χ3v) is 5.70. The van der Waals surface area contributed by atoms with Crippen molar-refractivity contribution >= 4 is 45.0 Å². The van der Waals surface area contributed by atoms with E-state index in [4.69, 9.17) is 0 Å². The van der Waals surface area contributed by atoms with E-state index in [0.717, 1.165) is 10.6 Å². The van der Waals surface area contributed by atoms with Crippen LogP contribution in [0.25, 0.3) is 0 Å². The molecule has 0 unspecified atom stereocenters. The maximum atomic E-state index is 13.6. The minimum atomic E-state index is -4.75. The Balaban J connectivity index is 1.87. The molecule has 11 nitrogen and oxygen atoms in total. The Morgan fingerprint density at radius 3 is 2.46 bits per heavy atom. The predicted octanol–water partition coefficient (Wildman–Crippen LogP) is 3.00. The van der Waals surface area contributed by atoms with Crippen molar-refractivity contribution in [3.05, 3.63) is 54.0 Å². The van der Waals surface area contributed by atoms with Crippen molar-refractivity contribution in [3.63, 3.8) is 0 Å². The van der Waals surface area contributed by atoms with Crippen LogP contribution in [0.15, 0.2) is 42.9 Å². The number of carbonyl (C=O) groups is 1. The van der Waals surface area contributed by atoms with Crippen LogP contribution < -0.4 is 20.3 Å². The molecule has 0 aromatic carbocycles. The zero-order chi connectivity index (χ0) is 25.8. The van der Waals surface area contributed by atoms with Crippen LogP contribution in [-0.4, -0.2) is 47.6 Å². The summed E-state index contributed by atoms with van der Waals surface area (Å²) in [7, 11) is -2.35. The topological polar surface area (TPSA) is 142 Å². The van der Waals surface area contributed by atoms with Crippen molar-refractivity contribution in [2.45, 2.75) is 19.6 Å². The summed E-state index contributed by atoms with van der Waals surface area (Å²) in [6, 6.07) is 6.10. The van der Waals surface area contributed by atoms with Crippen LogP contribution in [0.2, 0.25) is 0 Å². The van der Waals surface area contributed by atoms with Crippen molar-refractivity contribution in [1.29, 1.82) is 0 Å². The first-order valence-corrected chi connectivity index (χ1v) is 11.8. The lowest BCUT2D eigenvalue weighted by molar-refractivity contribution is -0.137. The van der Waals surface area contributed by atoms with E-state index in [0.29, 0.717) is 23.3 Å². The highest BCUT2D eigenvalue weighted by atomic mass is 32.2. The van der Waals surface area contributed by atoms with Gasteiger partial charge in [-0.25, -0.2) is 23.4 Å². The van der Waals surface area contributed by atoms with E-state index in [1.54, 1.807) is 0 Å². The Bertz CT molecular complexity index is 1320. The number of halogens is 3. The lowest BCUT2D eigenvalue weighted by Gasteiger charge is -2.20. The second-order valence-corrected chi connectivity index (χ2v) is 9.28. The number of hydrogen-bond donors (Lipinski definition) is 3. The number of aromatic nitrogens is 4. The van der Waals surface area contributed by atoms with E-state index in [2.05, 4.69) is 35.9 Å². The summed E-state index contributed by atoms with van der Waals surface area (Å²) in [5, 5.41) is 7.84. The van der Waals surface area contributed by atoms with E-state index >= 15 is 0 Å². The van der Waals surface area contributed by atoms with Crippen LogP contribution in [0.4, 0.5) is 42.3 Å². The predicted molar refractivity (Wildman–Crippen MR) is 124 cm³/mol. The summed E-state index contributed by atoms with van der Waals surface area (Å²) in [5.74, 6) is -0.609. The molecule has 3 N–H and O–H groups in total. The number of pyridine rings is 2. The van der Waals surface area contributed by atoms with Gasteiger partial charge in [-0.2, -0.15) is 18.2 Å². The number of amides is 1.